The van der Waals surface area contributed by atoms with E-state index in [1.54, 1.807) is 40.7 Å². The fourth-order valence-corrected chi connectivity index (χ4v) is 7.10. The van der Waals surface area contributed by atoms with Gasteiger partial charge in [0, 0.05) is 19.1 Å². The normalized spacial score (nSPS) is 22.9. The molecular weight excluding hydrogens is 528 g/mol. The quantitative estimate of drug-likeness (QED) is 0.482. The maximum Gasteiger partial charge on any atom is 0.387 e. The summed E-state index contributed by atoms with van der Waals surface area (Å²) in [4.78, 5) is 15.0. The van der Waals surface area contributed by atoms with E-state index in [9.17, 15) is 22.0 Å². The minimum absolute atomic E-state index is 0.00819. The molecule has 0 bridgehead atoms. The summed E-state index contributed by atoms with van der Waals surface area (Å²) < 4.78 is 65.6. The van der Waals surface area contributed by atoms with Crippen LogP contribution in [0.1, 0.15) is 38.7 Å². The number of alkyl halides is 2. The Bertz CT molecular complexity index is 1240. The first-order chi connectivity index (χ1) is 18.5. The molecule has 11 heteroatoms. The molecule has 2 heterocycles. The predicted octanol–water partition coefficient (Wildman–Crippen LogP) is 4.51. The van der Waals surface area contributed by atoms with Crippen LogP contribution in [0, 0.1) is 12.8 Å². The number of carbonyl (C=O) groups excluding carboxylic acids is 1. The summed E-state index contributed by atoms with van der Waals surface area (Å²) in [5.41, 5.74) is 0.395. The van der Waals surface area contributed by atoms with E-state index >= 15 is 0 Å². The molecule has 0 radical (unpaired) electrons. The summed E-state index contributed by atoms with van der Waals surface area (Å²) in [6.07, 6.45) is 2.07. The second-order valence-corrected chi connectivity index (χ2v) is 12.8. The number of amides is 1. The number of anilines is 1. The minimum Gasteiger partial charge on any atom is -0.433 e. The van der Waals surface area contributed by atoms with Crippen LogP contribution in [0.5, 0.6) is 5.75 Å². The van der Waals surface area contributed by atoms with E-state index in [1.165, 1.54) is 12.1 Å². The van der Waals surface area contributed by atoms with Gasteiger partial charge in [0.05, 0.1) is 29.3 Å². The number of likely N-dealkylation sites (tertiary alicyclic amines) is 1. The lowest BCUT2D eigenvalue weighted by Gasteiger charge is -2.50. The summed E-state index contributed by atoms with van der Waals surface area (Å²) >= 11 is 0. The van der Waals surface area contributed by atoms with Gasteiger partial charge in [0.15, 0.2) is 0 Å². The van der Waals surface area contributed by atoms with Crippen molar-refractivity contribution in [3.05, 3.63) is 54.1 Å². The van der Waals surface area contributed by atoms with Gasteiger partial charge in [0.2, 0.25) is 15.9 Å². The maximum atomic E-state index is 13.8. The molecule has 8 nitrogen and oxygen atoms in total. The number of aryl methyl sites for hydroxylation is 1. The molecule has 2 saturated heterocycles. The third-order valence-corrected chi connectivity index (χ3v) is 9.08. The Kier molecular flexibility index (Phi) is 9.25. The smallest absolute Gasteiger partial charge is 0.387 e. The molecule has 0 saturated carbocycles. The molecule has 2 fully saturated rings. The van der Waals surface area contributed by atoms with Crippen molar-refractivity contribution < 1.29 is 31.5 Å². The number of sulfonamides is 1. The minimum atomic E-state index is -3.76. The zero-order chi connectivity index (χ0) is 28.2. The highest BCUT2D eigenvalue weighted by atomic mass is 32.2. The SMILES string of the molecule is Cc1ccc(S(=O)(=O)N2C[C@]3(CCCN(CC(=O)Nc4ccccc4OC(F)F)C3)OC[C@@H]2CC(C)C)cc1. The lowest BCUT2D eigenvalue weighted by Crippen LogP contribution is -2.64. The summed E-state index contributed by atoms with van der Waals surface area (Å²) in [5.74, 6) is -0.207. The maximum absolute atomic E-state index is 13.8. The van der Waals surface area contributed by atoms with Crippen molar-refractivity contribution in [3.8, 4) is 5.75 Å². The lowest BCUT2D eigenvalue weighted by molar-refractivity contribution is -0.146. The zero-order valence-corrected chi connectivity index (χ0v) is 23.4. The molecule has 0 aromatic heterocycles. The number of ether oxygens (including phenoxy) is 2. The van der Waals surface area contributed by atoms with Crippen molar-refractivity contribution >= 4 is 21.6 Å². The van der Waals surface area contributed by atoms with E-state index in [1.807, 2.05) is 11.8 Å². The van der Waals surface area contributed by atoms with E-state index in [2.05, 4.69) is 23.9 Å². The molecule has 2 atom stereocenters. The van der Waals surface area contributed by atoms with Gasteiger partial charge in [0.1, 0.15) is 5.75 Å². The van der Waals surface area contributed by atoms with Crippen molar-refractivity contribution in [1.29, 1.82) is 0 Å². The summed E-state index contributed by atoms with van der Waals surface area (Å²) in [5, 5.41) is 2.66. The van der Waals surface area contributed by atoms with Gasteiger partial charge < -0.3 is 14.8 Å². The fraction of sp³-hybridized carbons (Fsp3) is 0.536. The van der Waals surface area contributed by atoms with Gasteiger partial charge in [-0.15, -0.1) is 0 Å². The third-order valence-electron chi connectivity index (χ3n) is 7.17. The van der Waals surface area contributed by atoms with Crippen LogP contribution in [0.25, 0.3) is 0 Å². The standard InChI is InChI=1S/C28H37F2N3O5S/c1-20(2)15-22-17-37-28(19-33(22)39(35,36)23-11-9-21(3)10-12-23)13-6-14-32(18-28)16-26(34)31-24-7-4-5-8-25(24)38-27(29)30/h4-5,7-12,20,22,27H,6,13-19H2,1-3H3,(H,31,34)/t22-,28+/m0/s1. The first-order valence-electron chi connectivity index (χ1n) is 13.3. The Balaban J connectivity index is 1.49. The van der Waals surface area contributed by atoms with Gasteiger partial charge >= 0.3 is 6.61 Å². The van der Waals surface area contributed by atoms with Gasteiger partial charge in [-0.05, 0) is 62.9 Å². The number of nitrogens with zero attached hydrogens (tertiary/aromatic N) is 2. The van der Waals surface area contributed by atoms with Crippen molar-refractivity contribution in [1.82, 2.24) is 9.21 Å². The number of carbonyl (C=O) groups is 1. The van der Waals surface area contributed by atoms with Crippen LogP contribution in [0.2, 0.25) is 0 Å². The molecule has 0 unspecified atom stereocenters. The highest BCUT2D eigenvalue weighted by Crippen LogP contribution is 2.35. The molecule has 0 aliphatic carbocycles. The Morgan fingerprint density at radius 2 is 1.87 bits per heavy atom. The number of morpholine rings is 1. The molecular formula is C28H37F2N3O5S. The summed E-state index contributed by atoms with van der Waals surface area (Å²) in [6, 6.07) is 12.6. The van der Waals surface area contributed by atoms with Gasteiger partial charge in [-0.3, -0.25) is 9.69 Å². The molecule has 1 spiro atoms. The van der Waals surface area contributed by atoms with Crippen molar-refractivity contribution in [2.75, 3.05) is 38.1 Å². The van der Waals surface area contributed by atoms with Crippen LogP contribution < -0.4 is 10.1 Å². The third kappa shape index (κ3) is 7.33. The first kappa shape index (κ1) is 29.4. The van der Waals surface area contributed by atoms with E-state index in [-0.39, 0.29) is 53.9 Å². The molecule has 39 heavy (non-hydrogen) atoms. The van der Waals surface area contributed by atoms with E-state index < -0.39 is 22.2 Å². The number of benzene rings is 2. The van der Waals surface area contributed by atoms with E-state index in [0.29, 0.717) is 25.9 Å². The van der Waals surface area contributed by atoms with Crippen LogP contribution in [0.3, 0.4) is 0 Å². The highest BCUT2D eigenvalue weighted by molar-refractivity contribution is 7.89. The van der Waals surface area contributed by atoms with Crippen molar-refractivity contribution in [2.24, 2.45) is 5.92 Å². The molecule has 2 aromatic rings. The summed E-state index contributed by atoms with van der Waals surface area (Å²) in [7, 11) is -3.76. The molecule has 1 amide bonds. The Morgan fingerprint density at radius 3 is 2.56 bits per heavy atom. The van der Waals surface area contributed by atoms with E-state index in [4.69, 9.17) is 4.74 Å². The number of nitrogens with one attached hydrogen (secondary N) is 1. The van der Waals surface area contributed by atoms with Crippen LogP contribution in [-0.4, -0.2) is 74.6 Å². The largest absolute Gasteiger partial charge is 0.433 e. The Hall–Kier alpha value is -2.60. The highest BCUT2D eigenvalue weighted by Gasteiger charge is 2.47. The molecule has 2 aliphatic rings. The summed E-state index contributed by atoms with van der Waals surface area (Å²) in [6.45, 7) is 4.53. The monoisotopic (exact) mass is 565 g/mol. The number of para-hydroxylation sites is 2. The van der Waals surface area contributed by atoms with Gasteiger partial charge in [-0.25, -0.2) is 8.42 Å². The van der Waals surface area contributed by atoms with Gasteiger partial charge in [0.25, 0.3) is 0 Å². The second kappa shape index (κ2) is 12.3. The van der Waals surface area contributed by atoms with Crippen LogP contribution >= 0.6 is 0 Å². The van der Waals surface area contributed by atoms with Crippen molar-refractivity contribution in [3.63, 3.8) is 0 Å². The van der Waals surface area contributed by atoms with Crippen LogP contribution in [0.15, 0.2) is 53.4 Å². The zero-order valence-electron chi connectivity index (χ0n) is 22.6. The first-order valence-corrected chi connectivity index (χ1v) is 14.7. The van der Waals surface area contributed by atoms with Crippen LogP contribution in [0.4, 0.5) is 14.5 Å². The number of hydrogen-bond donors (Lipinski definition) is 1. The lowest BCUT2D eigenvalue weighted by atomic mass is 9.89. The second-order valence-electron chi connectivity index (χ2n) is 10.9. The van der Waals surface area contributed by atoms with E-state index in [0.717, 1.165) is 12.0 Å². The topological polar surface area (TPSA) is 88.2 Å². The van der Waals surface area contributed by atoms with Gasteiger partial charge in [-0.2, -0.15) is 13.1 Å². The number of piperidine rings is 1. The number of halogens is 2. The predicted molar refractivity (Wildman–Crippen MR) is 144 cm³/mol. The average Bonchev–Trinajstić information content (AvgIpc) is 2.86. The fourth-order valence-electron chi connectivity index (χ4n) is 5.41. The molecule has 1 N–H and O–H groups in total. The Morgan fingerprint density at radius 1 is 1.15 bits per heavy atom. The average molecular weight is 566 g/mol. The molecule has 2 aliphatic heterocycles. The van der Waals surface area contributed by atoms with Crippen molar-refractivity contribution in [2.45, 2.75) is 63.2 Å². The molecule has 2 aromatic carbocycles. The molecule has 214 valence electrons. The molecule has 4 rings (SSSR count). The number of rotatable bonds is 9. The van der Waals surface area contributed by atoms with Crippen LogP contribution in [-0.2, 0) is 19.6 Å². The number of hydrogen-bond acceptors (Lipinski definition) is 6. The van der Waals surface area contributed by atoms with Gasteiger partial charge in [-0.1, -0.05) is 43.7 Å². The Labute approximate surface area is 229 Å².